The van der Waals surface area contributed by atoms with E-state index in [0.717, 1.165) is 37.9 Å². The van der Waals surface area contributed by atoms with Crippen LogP contribution in [0.3, 0.4) is 0 Å². The van der Waals surface area contributed by atoms with Crippen LogP contribution in [0.2, 0.25) is 0 Å². The maximum atomic E-state index is 13.6. The van der Waals surface area contributed by atoms with E-state index in [9.17, 15) is 24.3 Å². The average molecular weight is 528 g/mol. The normalized spacial score (nSPS) is 23.6. The van der Waals surface area contributed by atoms with E-state index in [-0.39, 0.29) is 36.2 Å². The number of carbonyl (C=O) groups excluding carboxylic acids is 3. The third-order valence-corrected chi connectivity index (χ3v) is 8.97. The SMILES string of the molecule is Cc1ccc2c(C(=O)N3CCC(N4CCCC5(CC(=O)N(C(C)C)C5=O)C4)CC3)c(NC(=O)O)sc2n1. The third-order valence-electron chi connectivity index (χ3n) is 7.95. The van der Waals surface area contributed by atoms with Gasteiger partial charge in [0.1, 0.15) is 9.83 Å². The molecule has 1 unspecified atom stereocenters. The highest BCUT2D eigenvalue weighted by atomic mass is 32.1. The number of thiophene rings is 1. The van der Waals surface area contributed by atoms with Crippen LogP contribution in [0.1, 0.15) is 62.0 Å². The average Bonchev–Trinajstić information content (AvgIpc) is 3.30. The number of anilines is 1. The molecule has 0 aromatic carbocycles. The topological polar surface area (TPSA) is 123 Å². The van der Waals surface area contributed by atoms with Crippen LogP contribution in [-0.2, 0) is 9.59 Å². The molecule has 3 aliphatic rings. The molecule has 2 aromatic heterocycles. The summed E-state index contributed by atoms with van der Waals surface area (Å²) < 4.78 is 0. The second kappa shape index (κ2) is 9.68. The molecule has 0 bridgehead atoms. The van der Waals surface area contributed by atoms with Gasteiger partial charge in [-0.3, -0.25) is 29.5 Å². The molecular formula is C26H33N5O5S. The van der Waals surface area contributed by atoms with Crippen LogP contribution in [-0.4, -0.2) is 86.9 Å². The molecule has 2 N–H and O–H groups in total. The number of nitrogens with one attached hydrogen (secondary N) is 1. The van der Waals surface area contributed by atoms with Crippen LogP contribution in [0.15, 0.2) is 12.1 Å². The molecule has 0 radical (unpaired) electrons. The second-order valence-corrected chi connectivity index (χ2v) is 11.8. The minimum absolute atomic E-state index is 0.0311. The minimum Gasteiger partial charge on any atom is -0.465 e. The fourth-order valence-electron chi connectivity index (χ4n) is 6.20. The zero-order valence-corrected chi connectivity index (χ0v) is 22.3. The summed E-state index contributed by atoms with van der Waals surface area (Å²) in [6, 6.07) is 3.76. The largest absolute Gasteiger partial charge is 0.465 e. The molecule has 1 atom stereocenters. The number of rotatable bonds is 4. The molecule has 1 spiro atoms. The monoisotopic (exact) mass is 527 g/mol. The van der Waals surface area contributed by atoms with E-state index in [1.54, 1.807) is 4.90 Å². The van der Waals surface area contributed by atoms with Crippen LogP contribution in [0.4, 0.5) is 9.80 Å². The summed E-state index contributed by atoms with van der Waals surface area (Å²) in [6.45, 7) is 8.18. The van der Waals surface area contributed by atoms with Gasteiger partial charge in [-0.1, -0.05) is 11.3 Å². The highest BCUT2D eigenvalue weighted by molar-refractivity contribution is 7.23. The van der Waals surface area contributed by atoms with Gasteiger partial charge in [0.25, 0.3) is 5.91 Å². The quantitative estimate of drug-likeness (QED) is 0.583. The molecule has 37 heavy (non-hydrogen) atoms. The van der Waals surface area contributed by atoms with E-state index in [0.29, 0.717) is 40.4 Å². The van der Waals surface area contributed by atoms with Crippen molar-refractivity contribution >= 4 is 50.4 Å². The number of carboxylic acid groups (broad SMARTS) is 1. The van der Waals surface area contributed by atoms with E-state index in [4.69, 9.17) is 0 Å². The van der Waals surface area contributed by atoms with Gasteiger partial charge in [0.2, 0.25) is 11.8 Å². The fraction of sp³-hybridized carbons (Fsp3) is 0.577. The third kappa shape index (κ3) is 4.59. The molecule has 3 aliphatic heterocycles. The maximum Gasteiger partial charge on any atom is 0.409 e. The standard InChI is InChI=1S/C26H33N5O5S/c1-15(2)31-19(32)13-26(24(31)34)9-4-10-30(14-26)17-7-11-29(12-8-17)23(33)20-18-6-5-16(3)27-21(18)37-22(20)28-25(35)36/h5-6,15,17,28H,4,7-14H2,1-3H3,(H,35,36). The Morgan fingerprint density at radius 1 is 1.19 bits per heavy atom. The first-order chi connectivity index (χ1) is 17.6. The van der Waals surface area contributed by atoms with Crippen LogP contribution >= 0.6 is 11.3 Å². The smallest absolute Gasteiger partial charge is 0.409 e. The highest BCUT2D eigenvalue weighted by Crippen LogP contribution is 2.43. The number of hydrogen-bond donors (Lipinski definition) is 2. The van der Waals surface area contributed by atoms with Crippen LogP contribution < -0.4 is 5.32 Å². The number of imide groups is 1. The van der Waals surface area contributed by atoms with Gasteiger partial charge in [0.05, 0.1) is 11.0 Å². The van der Waals surface area contributed by atoms with Crippen molar-refractivity contribution in [2.45, 2.75) is 65.0 Å². The molecular weight excluding hydrogens is 494 g/mol. The first-order valence-corrected chi connectivity index (χ1v) is 13.7. The van der Waals surface area contributed by atoms with E-state index >= 15 is 0 Å². The van der Waals surface area contributed by atoms with Crippen LogP contribution in [0.25, 0.3) is 10.2 Å². The van der Waals surface area contributed by atoms with Gasteiger partial charge in [-0.05, 0) is 65.1 Å². The van der Waals surface area contributed by atoms with Gasteiger partial charge in [-0.15, -0.1) is 0 Å². The van der Waals surface area contributed by atoms with Crippen molar-refractivity contribution in [1.82, 2.24) is 19.7 Å². The van der Waals surface area contributed by atoms with E-state index in [1.165, 1.54) is 16.2 Å². The van der Waals surface area contributed by atoms with E-state index in [1.807, 2.05) is 32.9 Å². The number of aromatic nitrogens is 1. The van der Waals surface area contributed by atoms with Crippen LogP contribution in [0.5, 0.6) is 0 Å². The number of amides is 4. The molecule has 11 heteroatoms. The van der Waals surface area contributed by atoms with Crippen molar-refractivity contribution in [2.24, 2.45) is 5.41 Å². The summed E-state index contributed by atoms with van der Waals surface area (Å²) in [5, 5.41) is 12.6. The van der Waals surface area contributed by atoms with Gasteiger partial charge >= 0.3 is 6.09 Å². The number of aryl methyl sites for hydroxylation is 1. The number of hydrogen-bond acceptors (Lipinski definition) is 7. The lowest BCUT2D eigenvalue weighted by Gasteiger charge is -2.45. The van der Waals surface area contributed by atoms with Crippen molar-refractivity contribution in [3.63, 3.8) is 0 Å². The van der Waals surface area contributed by atoms with Crippen molar-refractivity contribution in [3.05, 3.63) is 23.4 Å². The zero-order valence-electron chi connectivity index (χ0n) is 21.5. The molecule has 4 amide bonds. The first-order valence-electron chi connectivity index (χ1n) is 12.9. The summed E-state index contributed by atoms with van der Waals surface area (Å²) >= 11 is 1.17. The first kappa shape index (κ1) is 25.6. The number of carbonyl (C=O) groups is 4. The fourth-order valence-corrected chi connectivity index (χ4v) is 7.30. The van der Waals surface area contributed by atoms with Crippen molar-refractivity contribution < 1.29 is 24.3 Å². The highest BCUT2D eigenvalue weighted by Gasteiger charge is 2.54. The number of nitrogens with zero attached hydrogens (tertiary/aromatic N) is 4. The summed E-state index contributed by atoms with van der Waals surface area (Å²) in [4.78, 5) is 61.5. The van der Waals surface area contributed by atoms with Gasteiger partial charge in [0.15, 0.2) is 0 Å². The molecule has 3 fully saturated rings. The minimum atomic E-state index is -1.22. The molecule has 0 saturated carbocycles. The molecule has 0 aliphatic carbocycles. The van der Waals surface area contributed by atoms with E-state index in [2.05, 4.69) is 15.2 Å². The van der Waals surface area contributed by atoms with Gasteiger partial charge in [-0.2, -0.15) is 0 Å². The van der Waals surface area contributed by atoms with Gasteiger partial charge < -0.3 is 10.0 Å². The molecule has 5 heterocycles. The van der Waals surface area contributed by atoms with Crippen molar-refractivity contribution in [1.29, 1.82) is 0 Å². The second-order valence-electron chi connectivity index (χ2n) is 10.8. The van der Waals surface area contributed by atoms with Crippen molar-refractivity contribution in [3.8, 4) is 0 Å². The number of likely N-dealkylation sites (tertiary alicyclic amines) is 3. The van der Waals surface area contributed by atoms with E-state index < -0.39 is 11.5 Å². The number of fused-ring (bicyclic) bond motifs is 1. The Labute approximate surface area is 219 Å². The molecule has 198 valence electrons. The molecule has 3 saturated heterocycles. The van der Waals surface area contributed by atoms with Crippen LogP contribution in [0, 0.1) is 12.3 Å². The summed E-state index contributed by atoms with van der Waals surface area (Å²) in [6.07, 6.45) is 2.22. The molecule has 10 nitrogen and oxygen atoms in total. The zero-order chi connectivity index (χ0) is 26.5. The predicted molar refractivity (Wildman–Crippen MR) is 140 cm³/mol. The number of pyridine rings is 1. The Hall–Kier alpha value is -3.05. The predicted octanol–water partition coefficient (Wildman–Crippen LogP) is 3.55. The lowest BCUT2D eigenvalue weighted by Crippen LogP contribution is -2.54. The van der Waals surface area contributed by atoms with Crippen molar-refractivity contribution in [2.75, 3.05) is 31.5 Å². The lowest BCUT2D eigenvalue weighted by molar-refractivity contribution is -0.145. The maximum absolute atomic E-state index is 13.6. The van der Waals surface area contributed by atoms with Gasteiger partial charge in [0, 0.05) is 49.2 Å². The Kier molecular flexibility index (Phi) is 6.70. The molecule has 2 aromatic rings. The number of piperidine rings is 2. The van der Waals surface area contributed by atoms with Gasteiger partial charge in [-0.25, -0.2) is 9.78 Å². The molecule has 5 rings (SSSR count). The Morgan fingerprint density at radius 3 is 2.57 bits per heavy atom. The summed E-state index contributed by atoms with van der Waals surface area (Å²) in [5.41, 5.74) is 0.535. The Balaban J connectivity index is 1.29. The Morgan fingerprint density at radius 2 is 1.92 bits per heavy atom. The summed E-state index contributed by atoms with van der Waals surface area (Å²) in [5.74, 6) is -0.296. The summed E-state index contributed by atoms with van der Waals surface area (Å²) in [7, 11) is 0. The Bertz CT molecular complexity index is 1270. The lowest BCUT2D eigenvalue weighted by atomic mass is 9.77.